The van der Waals surface area contributed by atoms with Gasteiger partial charge in [0, 0.05) is 32.7 Å². The highest BCUT2D eigenvalue weighted by Crippen LogP contribution is 2.33. The van der Waals surface area contributed by atoms with Crippen molar-refractivity contribution in [1.82, 2.24) is 10.6 Å². The lowest BCUT2D eigenvalue weighted by atomic mass is 10.1. The third-order valence-corrected chi connectivity index (χ3v) is 5.71. The number of aliphatic imine (C=N–C) groups is 1. The number of para-hydroxylation sites is 2. The molecule has 0 amide bonds. The summed E-state index contributed by atoms with van der Waals surface area (Å²) in [6, 6.07) is 14.4. The SMILES string of the molecule is CCNC(=NCC1CCN(c2ccccc2OC)C1)NCCc1ccc2c(c1)OCO2. The summed E-state index contributed by atoms with van der Waals surface area (Å²) in [5, 5.41) is 6.81. The van der Waals surface area contributed by atoms with E-state index in [9.17, 15) is 0 Å². The summed E-state index contributed by atoms with van der Waals surface area (Å²) in [4.78, 5) is 7.25. The zero-order valence-corrected chi connectivity index (χ0v) is 18.4. The molecule has 4 rings (SSSR count). The van der Waals surface area contributed by atoms with Gasteiger partial charge in [-0.2, -0.15) is 0 Å². The Kier molecular flexibility index (Phi) is 7.02. The Morgan fingerprint density at radius 1 is 1.16 bits per heavy atom. The van der Waals surface area contributed by atoms with Gasteiger partial charge >= 0.3 is 0 Å². The second kappa shape index (κ2) is 10.3. The molecule has 2 aromatic rings. The number of methoxy groups -OCH3 is 1. The highest BCUT2D eigenvalue weighted by molar-refractivity contribution is 5.79. The summed E-state index contributed by atoms with van der Waals surface area (Å²) in [5.41, 5.74) is 2.39. The number of nitrogens with zero attached hydrogens (tertiary/aromatic N) is 2. The largest absolute Gasteiger partial charge is 0.495 e. The van der Waals surface area contributed by atoms with E-state index in [4.69, 9.17) is 19.2 Å². The maximum Gasteiger partial charge on any atom is 0.231 e. The van der Waals surface area contributed by atoms with E-state index in [1.165, 1.54) is 11.3 Å². The molecule has 0 spiro atoms. The molecular formula is C24H32N4O3. The number of nitrogens with one attached hydrogen (secondary N) is 2. The predicted octanol–water partition coefficient (Wildman–Crippen LogP) is 3.05. The van der Waals surface area contributed by atoms with Gasteiger partial charge in [-0.3, -0.25) is 4.99 Å². The normalized spacial score (nSPS) is 17.7. The van der Waals surface area contributed by atoms with Crippen molar-refractivity contribution in [2.75, 3.05) is 51.5 Å². The van der Waals surface area contributed by atoms with Crippen LogP contribution in [0.15, 0.2) is 47.5 Å². The minimum atomic E-state index is 0.309. The highest BCUT2D eigenvalue weighted by Gasteiger charge is 2.24. The topological polar surface area (TPSA) is 67.4 Å². The molecule has 2 aliphatic heterocycles. The molecule has 0 aliphatic carbocycles. The average molecular weight is 425 g/mol. The second-order valence-electron chi connectivity index (χ2n) is 7.86. The van der Waals surface area contributed by atoms with Crippen molar-refractivity contribution < 1.29 is 14.2 Å². The number of fused-ring (bicyclic) bond motifs is 1. The number of rotatable bonds is 8. The van der Waals surface area contributed by atoms with Crippen molar-refractivity contribution >= 4 is 11.6 Å². The van der Waals surface area contributed by atoms with Gasteiger partial charge in [-0.25, -0.2) is 0 Å². The van der Waals surface area contributed by atoms with E-state index in [1.54, 1.807) is 7.11 Å². The number of guanidine groups is 1. The van der Waals surface area contributed by atoms with E-state index >= 15 is 0 Å². The third-order valence-electron chi connectivity index (χ3n) is 5.71. The van der Waals surface area contributed by atoms with E-state index in [1.807, 2.05) is 18.2 Å². The van der Waals surface area contributed by atoms with Crippen LogP contribution in [-0.2, 0) is 6.42 Å². The molecule has 1 unspecified atom stereocenters. The predicted molar refractivity (Wildman–Crippen MR) is 124 cm³/mol. The molecule has 7 nitrogen and oxygen atoms in total. The van der Waals surface area contributed by atoms with Crippen LogP contribution in [-0.4, -0.2) is 52.6 Å². The fourth-order valence-electron chi connectivity index (χ4n) is 4.08. The van der Waals surface area contributed by atoms with Crippen LogP contribution in [0.3, 0.4) is 0 Å². The van der Waals surface area contributed by atoms with Crippen molar-refractivity contribution in [3.63, 3.8) is 0 Å². The Bertz CT molecular complexity index is 902. The van der Waals surface area contributed by atoms with E-state index in [0.29, 0.717) is 12.7 Å². The summed E-state index contributed by atoms with van der Waals surface area (Å²) in [5.74, 6) is 4.00. The van der Waals surface area contributed by atoms with E-state index < -0.39 is 0 Å². The second-order valence-corrected chi connectivity index (χ2v) is 7.86. The summed E-state index contributed by atoms with van der Waals surface area (Å²) in [6.45, 7) is 6.90. The molecule has 0 bridgehead atoms. The molecule has 0 saturated carbocycles. The van der Waals surface area contributed by atoms with Gasteiger partial charge in [0.05, 0.1) is 12.8 Å². The lowest BCUT2D eigenvalue weighted by Gasteiger charge is -2.21. The summed E-state index contributed by atoms with van der Waals surface area (Å²) < 4.78 is 16.4. The highest BCUT2D eigenvalue weighted by atomic mass is 16.7. The number of hydrogen-bond acceptors (Lipinski definition) is 5. The molecule has 0 radical (unpaired) electrons. The van der Waals surface area contributed by atoms with Gasteiger partial charge in [0.2, 0.25) is 6.79 Å². The van der Waals surface area contributed by atoms with Crippen molar-refractivity contribution in [2.45, 2.75) is 19.8 Å². The fraction of sp³-hybridized carbons (Fsp3) is 0.458. The van der Waals surface area contributed by atoms with Crippen LogP contribution in [0, 0.1) is 5.92 Å². The van der Waals surface area contributed by atoms with Crippen LogP contribution in [0.2, 0.25) is 0 Å². The van der Waals surface area contributed by atoms with Crippen LogP contribution >= 0.6 is 0 Å². The van der Waals surface area contributed by atoms with Gasteiger partial charge in [0.15, 0.2) is 17.5 Å². The number of anilines is 1. The van der Waals surface area contributed by atoms with Gasteiger partial charge in [-0.05, 0) is 55.5 Å². The van der Waals surface area contributed by atoms with E-state index in [0.717, 1.165) is 68.8 Å². The van der Waals surface area contributed by atoms with Gasteiger partial charge in [0.1, 0.15) is 5.75 Å². The number of benzene rings is 2. The van der Waals surface area contributed by atoms with Gasteiger partial charge < -0.3 is 29.7 Å². The average Bonchev–Trinajstić information content (AvgIpc) is 3.46. The first-order valence-electron chi connectivity index (χ1n) is 11.1. The Morgan fingerprint density at radius 3 is 2.90 bits per heavy atom. The summed E-state index contributed by atoms with van der Waals surface area (Å²) in [6.07, 6.45) is 2.03. The van der Waals surface area contributed by atoms with Crippen molar-refractivity contribution in [3.05, 3.63) is 48.0 Å². The Labute approximate surface area is 184 Å². The first-order valence-corrected chi connectivity index (χ1v) is 11.1. The molecule has 1 fully saturated rings. The lowest BCUT2D eigenvalue weighted by molar-refractivity contribution is 0.174. The monoisotopic (exact) mass is 424 g/mol. The fourth-order valence-corrected chi connectivity index (χ4v) is 4.08. The molecule has 1 atom stereocenters. The maximum absolute atomic E-state index is 5.52. The number of ether oxygens (including phenoxy) is 3. The Balaban J connectivity index is 1.28. The van der Waals surface area contributed by atoms with Crippen molar-refractivity contribution in [2.24, 2.45) is 10.9 Å². The molecule has 0 aromatic heterocycles. The molecule has 1 saturated heterocycles. The maximum atomic E-state index is 5.52. The molecule has 7 heteroatoms. The van der Waals surface area contributed by atoms with Crippen LogP contribution in [0.4, 0.5) is 5.69 Å². The van der Waals surface area contributed by atoms with Crippen LogP contribution in [0.1, 0.15) is 18.9 Å². The Hall–Kier alpha value is -3.09. The molecule has 31 heavy (non-hydrogen) atoms. The standard InChI is InChI=1S/C24H32N4O3/c1-3-25-24(26-12-10-18-8-9-22-23(14-18)31-17-30-22)27-15-19-11-13-28(16-19)20-6-4-5-7-21(20)29-2/h4-9,14,19H,3,10-13,15-17H2,1-2H3,(H2,25,26,27). The van der Waals surface area contributed by atoms with Gasteiger partial charge in [-0.15, -0.1) is 0 Å². The smallest absolute Gasteiger partial charge is 0.231 e. The lowest BCUT2D eigenvalue weighted by Crippen LogP contribution is -2.38. The minimum absolute atomic E-state index is 0.309. The summed E-state index contributed by atoms with van der Waals surface area (Å²) >= 11 is 0. The minimum Gasteiger partial charge on any atom is -0.495 e. The van der Waals surface area contributed by atoms with E-state index in [2.05, 4.69) is 46.7 Å². The first kappa shape index (κ1) is 21.2. The van der Waals surface area contributed by atoms with Crippen LogP contribution < -0.4 is 29.7 Å². The summed E-state index contributed by atoms with van der Waals surface area (Å²) in [7, 11) is 1.73. The van der Waals surface area contributed by atoms with E-state index in [-0.39, 0.29) is 0 Å². The molecule has 166 valence electrons. The first-order chi connectivity index (χ1) is 15.3. The number of hydrogen-bond donors (Lipinski definition) is 2. The third kappa shape index (κ3) is 5.34. The molecule has 2 N–H and O–H groups in total. The molecule has 2 heterocycles. The van der Waals surface area contributed by atoms with Gasteiger partial charge in [-0.1, -0.05) is 18.2 Å². The van der Waals surface area contributed by atoms with Crippen LogP contribution in [0.5, 0.6) is 17.2 Å². The quantitative estimate of drug-likeness (QED) is 0.502. The van der Waals surface area contributed by atoms with Gasteiger partial charge in [0.25, 0.3) is 0 Å². The zero-order valence-electron chi connectivity index (χ0n) is 18.4. The Morgan fingerprint density at radius 2 is 2.03 bits per heavy atom. The molecule has 2 aromatic carbocycles. The zero-order chi connectivity index (χ0) is 21.5. The van der Waals surface area contributed by atoms with Crippen molar-refractivity contribution in [1.29, 1.82) is 0 Å². The molecule has 2 aliphatic rings. The van der Waals surface area contributed by atoms with Crippen LogP contribution in [0.25, 0.3) is 0 Å². The van der Waals surface area contributed by atoms with Crippen molar-refractivity contribution in [3.8, 4) is 17.2 Å². The molecular weight excluding hydrogens is 392 g/mol.